The molecule has 1 aromatic rings. The summed E-state index contributed by atoms with van der Waals surface area (Å²) in [6, 6.07) is 4.12. The average molecular weight is 319 g/mol. The van der Waals surface area contributed by atoms with Crippen molar-refractivity contribution in [3.8, 4) is 0 Å². The van der Waals surface area contributed by atoms with Crippen molar-refractivity contribution in [2.45, 2.75) is 46.1 Å². The summed E-state index contributed by atoms with van der Waals surface area (Å²) >= 11 is 0. The van der Waals surface area contributed by atoms with Gasteiger partial charge in [-0.25, -0.2) is 9.78 Å². The molecule has 0 aromatic carbocycles. The minimum Gasteiger partial charge on any atom is -0.444 e. The van der Waals surface area contributed by atoms with E-state index in [1.165, 1.54) is 0 Å². The predicted octanol–water partition coefficient (Wildman–Crippen LogP) is 3.47. The summed E-state index contributed by atoms with van der Waals surface area (Å²) in [5.74, 6) is 1.43. The third-order valence-corrected chi connectivity index (χ3v) is 3.99. The van der Waals surface area contributed by atoms with Crippen molar-refractivity contribution in [1.29, 1.82) is 0 Å². The van der Waals surface area contributed by atoms with Crippen molar-refractivity contribution in [1.82, 2.24) is 9.88 Å². The highest BCUT2D eigenvalue weighted by molar-refractivity contribution is 5.68. The monoisotopic (exact) mass is 319 g/mol. The SMILES string of the molecule is Cc1ccc(N(C)C[C@H]2CCCN(C(=O)OC(C)(C)C)C2)nc1. The number of likely N-dealkylation sites (tertiary alicyclic amines) is 1. The number of hydrogen-bond donors (Lipinski definition) is 0. The summed E-state index contributed by atoms with van der Waals surface area (Å²) in [5.41, 5.74) is 0.725. The Labute approximate surface area is 139 Å². The standard InChI is InChI=1S/C18H29N3O2/c1-14-8-9-16(19-11-14)20(5)12-15-7-6-10-21(13-15)17(22)23-18(2,3)4/h8-9,11,15H,6-7,10,12-13H2,1-5H3/t15-/m1/s1. The van der Waals surface area contributed by atoms with Crippen molar-refractivity contribution in [2.24, 2.45) is 5.92 Å². The highest BCUT2D eigenvalue weighted by Crippen LogP contribution is 2.21. The second-order valence-electron chi connectivity index (χ2n) is 7.51. The smallest absolute Gasteiger partial charge is 0.410 e. The van der Waals surface area contributed by atoms with Gasteiger partial charge in [-0.1, -0.05) is 6.07 Å². The van der Waals surface area contributed by atoms with Gasteiger partial charge in [0.25, 0.3) is 0 Å². The maximum absolute atomic E-state index is 12.2. The molecule has 1 amide bonds. The van der Waals surface area contributed by atoms with E-state index < -0.39 is 5.60 Å². The molecule has 1 aliphatic rings. The Hall–Kier alpha value is -1.78. The molecular formula is C18H29N3O2. The van der Waals surface area contributed by atoms with Crippen molar-refractivity contribution < 1.29 is 9.53 Å². The number of amides is 1. The van der Waals surface area contributed by atoms with Crippen LogP contribution in [0.4, 0.5) is 10.6 Å². The Bertz CT molecular complexity index is 522. The molecule has 0 unspecified atom stereocenters. The third kappa shape index (κ3) is 5.41. The van der Waals surface area contributed by atoms with Crippen LogP contribution in [0.15, 0.2) is 18.3 Å². The topological polar surface area (TPSA) is 45.7 Å². The molecule has 0 spiro atoms. The minimum absolute atomic E-state index is 0.196. The Morgan fingerprint density at radius 3 is 2.78 bits per heavy atom. The lowest BCUT2D eigenvalue weighted by Gasteiger charge is -2.35. The number of pyridine rings is 1. The number of aryl methyl sites for hydroxylation is 1. The molecule has 0 N–H and O–H groups in total. The second kappa shape index (κ2) is 7.20. The van der Waals surface area contributed by atoms with Gasteiger partial charge in [0.1, 0.15) is 11.4 Å². The van der Waals surface area contributed by atoms with E-state index >= 15 is 0 Å². The normalized spacial score (nSPS) is 18.7. The van der Waals surface area contributed by atoms with E-state index in [0.717, 1.165) is 43.9 Å². The summed E-state index contributed by atoms with van der Waals surface area (Å²) in [6.07, 6.45) is 3.85. The lowest BCUT2D eigenvalue weighted by atomic mass is 9.98. The first-order valence-electron chi connectivity index (χ1n) is 8.36. The zero-order valence-corrected chi connectivity index (χ0v) is 15.0. The molecule has 5 nitrogen and oxygen atoms in total. The molecule has 0 radical (unpaired) electrons. The van der Waals surface area contributed by atoms with Crippen molar-refractivity contribution in [2.75, 3.05) is 31.6 Å². The summed E-state index contributed by atoms with van der Waals surface area (Å²) < 4.78 is 5.49. The van der Waals surface area contributed by atoms with Crippen LogP contribution in [0.25, 0.3) is 0 Å². The van der Waals surface area contributed by atoms with E-state index in [9.17, 15) is 4.79 Å². The number of piperidine rings is 1. The van der Waals surface area contributed by atoms with Gasteiger partial charge in [-0.3, -0.25) is 0 Å². The molecule has 1 fully saturated rings. The fraction of sp³-hybridized carbons (Fsp3) is 0.667. The van der Waals surface area contributed by atoms with Crippen LogP contribution in [-0.4, -0.2) is 48.3 Å². The molecular weight excluding hydrogens is 290 g/mol. The largest absolute Gasteiger partial charge is 0.444 e. The van der Waals surface area contributed by atoms with Gasteiger partial charge in [-0.15, -0.1) is 0 Å². The Morgan fingerprint density at radius 2 is 2.17 bits per heavy atom. The van der Waals surface area contributed by atoms with Crippen LogP contribution in [0.3, 0.4) is 0 Å². The summed E-state index contributed by atoms with van der Waals surface area (Å²) in [7, 11) is 2.06. The number of aromatic nitrogens is 1. The molecule has 5 heteroatoms. The zero-order chi connectivity index (χ0) is 17.0. The Kier molecular flexibility index (Phi) is 5.50. The van der Waals surface area contributed by atoms with E-state index in [2.05, 4.69) is 23.0 Å². The lowest BCUT2D eigenvalue weighted by molar-refractivity contribution is 0.0170. The third-order valence-electron chi connectivity index (χ3n) is 3.99. The van der Waals surface area contributed by atoms with Gasteiger partial charge in [0.05, 0.1) is 0 Å². The fourth-order valence-corrected chi connectivity index (χ4v) is 2.87. The quantitative estimate of drug-likeness (QED) is 0.856. The van der Waals surface area contributed by atoms with Gasteiger partial charge >= 0.3 is 6.09 Å². The van der Waals surface area contributed by atoms with Crippen molar-refractivity contribution >= 4 is 11.9 Å². The average Bonchev–Trinajstić information content (AvgIpc) is 2.46. The number of anilines is 1. The first-order valence-corrected chi connectivity index (χ1v) is 8.36. The van der Waals surface area contributed by atoms with Crippen LogP contribution >= 0.6 is 0 Å². The van der Waals surface area contributed by atoms with Crippen LogP contribution < -0.4 is 4.90 Å². The number of nitrogens with zero attached hydrogens (tertiary/aromatic N) is 3. The van der Waals surface area contributed by atoms with Gasteiger partial charge in [-0.2, -0.15) is 0 Å². The highest BCUT2D eigenvalue weighted by atomic mass is 16.6. The van der Waals surface area contributed by atoms with E-state index in [0.29, 0.717) is 5.92 Å². The first-order chi connectivity index (χ1) is 10.7. The summed E-state index contributed by atoms with van der Waals surface area (Å²) in [6.45, 7) is 10.2. The highest BCUT2D eigenvalue weighted by Gasteiger charge is 2.28. The molecule has 128 valence electrons. The molecule has 1 aromatic heterocycles. The second-order valence-corrected chi connectivity index (χ2v) is 7.51. The number of rotatable bonds is 3. The number of carbonyl (C=O) groups is 1. The maximum atomic E-state index is 12.2. The van der Waals surface area contributed by atoms with E-state index in [-0.39, 0.29) is 6.09 Å². The molecule has 0 saturated carbocycles. The van der Waals surface area contributed by atoms with Crippen molar-refractivity contribution in [3.63, 3.8) is 0 Å². The number of ether oxygens (including phenoxy) is 1. The van der Waals surface area contributed by atoms with E-state index in [1.807, 2.05) is 44.9 Å². The van der Waals surface area contributed by atoms with E-state index in [4.69, 9.17) is 4.74 Å². The summed E-state index contributed by atoms with van der Waals surface area (Å²) in [5, 5.41) is 0. The van der Waals surface area contributed by atoms with Gasteiger partial charge in [0.15, 0.2) is 0 Å². The Morgan fingerprint density at radius 1 is 1.43 bits per heavy atom. The Balaban J connectivity index is 1.90. The summed E-state index contributed by atoms with van der Waals surface area (Å²) in [4.78, 5) is 20.7. The first kappa shape index (κ1) is 17.6. The van der Waals surface area contributed by atoms with Gasteiger partial charge in [0, 0.05) is 32.9 Å². The van der Waals surface area contributed by atoms with Gasteiger partial charge in [0.2, 0.25) is 0 Å². The molecule has 0 bridgehead atoms. The number of hydrogen-bond acceptors (Lipinski definition) is 4. The fourth-order valence-electron chi connectivity index (χ4n) is 2.87. The molecule has 1 atom stereocenters. The molecule has 1 saturated heterocycles. The van der Waals surface area contributed by atoms with Crippen molar-refractivity contribution in [3.05, 3.63) is 23.9 Å². The predicted molar refractivity (Wildman–Crippen MR) is 92.8 cm³/mol. The van der Waals surface area contributed by atoms with Crippen LogP contribution in [0.1, 0.15) is 39.2 Å². The van der Waals surface area contributed by atoms with Crippen LogP contribution in [0, 0.1) is 12.8 Å². The van der Waals surface area contributed by atoms with E-state index in [1.54, 1.807) is 0 Å². The maximum Gasteiger partial charge on any atom is 0.410 e. The van der Waals surface area contributed by atoms with Crippen LogP contribution in [0.2, 0.25) is 0 Å². The van der Waals surface area contributed by atoms with Gasteiger partial charge < -0.3 is 14.5 Å². The van der Waals surface area contributed by atoms with Crippen LogP contribution in [0.5, 0.6) is 0 Å². The molecule has 2 rings (SSSR count). The molecule has 0 aliphatic carbocycles. The lowest BCUT2D eigenvalue weighted by Crippen LogP contribution is -2.45. The zero-order valence-electron chi connectivity index (χ0n) is 15.0. The number of carbonyl (C=O) groups excluding carboxylic acids is 1. The van der Waals surface area contributed by atoms with Gasteiger partial charge in [-0.05, 0) is 58.1 Å². The van der Waals surface area contributed by atoms with Crippen LogP contribution in [-0.2, 0) is 4.74 Å². The minimum atomic E-state index is -0.438. The molecule has 2 heterocycles. The molecule has 23 heavy (non-hydrogen) atoms. The molecule has 1 aliphatic heterocycles.